The number of hydrogen-bond donors (Lipinski definition) is 4. The molecule has 0 bridgehead atoms. The van der Waals surface area contributed by atoms with Crippen LogP contribution < -0.4 is 10.5 Å². The lowest BCUT2D eigenvalue weighted by Gasteiger charge is -2.17. The second-order valence-electron chi connectivity index (χ2n) is 5.61. The average molecular weight is 325 g/mol. The molecule has 2 aromatic rings. The van der Waals surface area contributed by atoms with Crippen molar-refractivity contribution in [2.75, 3.05) is 12.3 Å². The van der Waals surface area contributed by atoms with Crippen LogP contribution in [0.25, 0.3) is 11.2 Å². The number of anilines is 1. The molecule has 0 amide bonds. The van der Waals surface area contributed by atoms with E-state index in [9.17, 15) is 15.3 Å². The molecule has 23 heavy (non-hydrogen) atoms. The zero-order chi connectivity index (χ0) is 16.7. The number of aromatic nitrogens is 4. The van der Waals surface area contributed by atoms with Crippen LogP contribution in [0.2, 0.25) is 0 Å². The molecule has 10 nitrogen and oxygen atoms in total. The van der Waals surface area contributed by atoms with E-state index in [4.69, 9.17) is 15.2 Å². The van der Waals surface area contributed by atoms with Crippen LogP contribution in [0.15, 0.2) is 6.33 Å². The molecule has 0 radical (unpaired) electrons. The van der Waals surface area contributed by atoms with E-state index in [1.54, 1.807) is 0 Å². The van der Waals surface area contributed by atoms with E-state index >= 15 is 0 Å². The van der Waals surface area contributed by atoms with Crippen LogP contribution in [-0.2, 0) is 4.74 Å². The third-order valence-electron chi connectivity index (χ3n) is 3.56. The van der Waals surface area contributed by atoms with Crippen molar-refractivity contribution in [3.63, 3.8) is 0 Å². The van der Waals surface area contributed by atoms with Crippen LogP contribution >= 0.6 is 0 Å². The first-order valence-electron chi connectivity index (χ1n) is 7.21. The Morgan fingerprint density at radius 2 is 2.09 bits per heavy atom. The molecule has 0 saturated carbocycles. The Labute approximate surface area is 131 Å². The first-order chi connectivity index (χ1) is 10.9. The minimum Gasteiger partial charge on any atom is -0.461 e. The predicted octanol–water partition coefficient (Wildman–Crippen LogP) is -1.19. The summed E-state index contributed by atoms with van der Waals surface area (Å²) in [5.74, 6) is 0.135. The quantitative estimate of drug-likeness (QED) is 0.544. The van der Waals surface area contributed by atoms with Gasteiger partial charge in [0.2, 0.25) is 0 Å². The highest BCUT2D eigenvalue weighted by Gasteiger charge is 2.44. The average Bonchev–Trinajstić information content (AvgIpc) is 3.01. The lowest BCUT2D eigenvalue weighted by atomic mass is 10.1. The Bertz CT molecular complexity index is 705. The van der Waals surface area contributed by atoms with Gasteiger partial charge in [-0.15, -0.1) is 0 Å². The van der Waals surface area contributed by atoms with Crippen LogP contribution in [0.3, 0.4) is 0 Å². The number of imidazole rings is 1. The molecule has 3 heterocycles. The Hall–Kier alpha value is -2.01. The molecule has 5 N–H and O–H groups in total. The lowest BCUT2D eigenvalue weighted by Crippen LogP contribution is -2.33. The third kappa shape index (κ3) is 2.70. The largest absolute Gasteiger partial charge is 0.461 e. The number of fused-ring (bicyclic) bond motifs is 1. The van der Waals surface area contributed by atoms with Gasteiger partial charge in [0.1, 0.15) is 18.3 Å². The van der Waals surface area contributed by atoms with E-state index in [1.807, 2.05) is 13.8 Å². The maximum absolute atomic E-state index is 10.1. The van der Waals surface area contributed by atoms with Gasteiger partial charge in [-0.1, -0.05) is 0 Å². The molecule has 1 saturated heterocycles. The van der Waals surface area contributed by atoms with Gasteiger partial charge in [-0.2, -0.15) is 9.97 Å². The first-order valence-corrected chi connectivity index (χ1v) is 7.21. The summed E-state index contributed by atoms with van der Waals surface area (Å²) in [4.78, 5) is 12.4. The van der Waals surface area contributed by atoms with Crippen LogP contribution in [0, 0.1) is 0 Å². The molecule has 1 aliphatic heterocycles. The number of nitrogen functional groups attached to an aromatic ring is 1. The van der Waals surface area contributed by atoms with Crippen molar-refractivity contribution in [1.29, 1.82) is 0 Å². The van der Waals surface area contributed by atoms with Gasteiger partial charge in [-0.3, -0.25) is 4.57 Å². The van der Waals surface area contributed by atoms with E-state index in [1.165, 1.54) is 10.9 Å². The normalized spacial score (nSPS) is 27.9. The monoisotopic (exact) mass is 325 g/mol. The van der Waals surface area contributed by atoms with E-state index in [2.05, 4.69) is 15.0 Å². The van der Waals surface area contributed by atoms with Crippen LogP contribution in [0.5, 0.6) is 6.01 Å². The molecule has 0 aliphatic carbocycles. The van der Waals surface area contributed by atoms with Gasteiger partial charge in [0, 0.05) is 0 Å². The van der Waals surface area contributed by atoms with Gasteiger partial charge in [0.05, 0.1) is 19.0 Å². The third-order valence-corrected chi connectivity index (χ3v) is 3.56. The summed E-state index contributed by atoms with van der Waals surface area (Å²) in [5, 5.41) is 29.2. The Morgan fingerprint density at radius 1 is 1.35 bits per heavy atom. The summed E-state index contributed by atoms with van der Waals surface area (Å²) >= 11 is 0. The van der Waals surface area contributed by atoms with Gasteiger partial charge in [-0.05, 0) is 13.8 Å². The fourth-order valence-electron chi connectivity index (χ4n) is 2.48. The highest BCUT2D eigenvalue weighted by molar-refractivity contribution is 5.82. The topological polar surface area (TPSA) is 149 Å². The fourth-order valence-corrected chi connectivity index (χ4v) is 2.48. The fraction of sp³-hybridized carbons (Fsp3) is 0.615. The smallest absolute Gasteiger partial charge is 0.320 e. The summed E-state index contributed by atoms with van der Waals surface area (Å²) in [5.41, 5.74) is 6.50. The summed E-state index contributed by atoms with van der Waals surface area (Å²) in [7, 11) is 0. The van der Waals surface area contributed by atoms with Crippen molar-refractivity contribution in [2.24, 2.45) is 0 Å². The highest BCUT2D eigenvalue weighted by Crippen LogP contribution is 2.32. The first kappa shape index (κ1) is 15.9. The van der Waals surface area contributed by atoms with E-state index in [0.29, 0.717) is 11.2 Å². The van der Waals surface area contributed by atoms with Gasteiger partial charge in [0.15, 0.2) is 23.2 Å². The SMILES string of the molecule is CC(C)Oc1nc(N)c2ncn(C3O[C@@H](CO)[C@H](O)[C@@H]3O)c2n1. The lowest BCUT2D eigenvalue weighted by molar-refractivity contribution is -0.0511. The van der Waals surface area contributed by atoms with Crippen LogP contribution in [0.1, 0.15) is 20.1 Å². The standard InChI is InChI=1S/C13H19N5O5/c1-5(2)22-13-16-10(14)7-11(17-13)18(4-15-7)12-9(21)8(20)6(3-19)23-12/h4-6,8-9,12,19-21H,3H2,1-2H3,(H2,14,16,17)/t6-,8-,9-,12?/m0/s1. The molecule has 0 spiro atoms. The molecular formula is C13H19N5O5. The maximum Gasteiger partial charge on any atom is 0.320 e. The molecule has 1 unspecified atom stereocenters. The highest BCUT2D eigenvalue weighted by atomic mass is 16.6. The molecule has 3 rings (SSSR count). The summed E-state index contributed by atoms with van der Waals surface area (Å²) in [6.45, 7) is 3.24. The van der Waals surface area contributed by atoms with E-state index < -0.39 is 31.1 Å². The van der Waals surface area contributed by atoms with Crippen LogP contribution in [-0.4, -0.2) is 65.9 Å². The Morgan fingerprint density at radius 3 is 2.70 bits per heavy atom. The number of aliphatic hydroxyl groups is 3. The molecule has 1 aliphatic rings. The second kappa shape index (κ2) is 5.89. The second-order valence-corrected chi connectivity index (χ2v) is 5.61. The van der Waals surface area contributed by atoms with Crippen molar-refractivity contribution in [3.05, 3.63) is 6.33 Å². The van der Waals surface area contributed by atoms with Crippen molar-refractivity contribution in [3.8, 4) is 6.01 Å². The van der Waals surface area contributed by atoms with Crippen molar-refractivity contribution in [1.82, 2.24) is 19.5 Å². The molecule has 126 valence electrons. The Kier molecular flexibility index (Phi) is 4.06. The van der Waals surface area contributed by atoms with Gasteiger partial charge >= 0.3 is 6.01 Å². The zero-order valence-corrected chi connectivity index (χ0v) is 12.7. The van der Waals surface area contributed by atoms with Crippen molar-refractivity contribution >= 4 is 17.0 Å². The molecule has 4 atom stereocenters. The number of nitrogens with zero attached hydrogens (tertiary/aromatic N) is 4. The summed E-state index contributed by atoms with van der Waals surface area (Å²) in [6.07, 6.45) is -3.05. The predicted molar refractivity (Wildman–Crippen MR) is 78.5 cm³/mol. The van der Waals surface area contributed by atoms with E-state index in [-0.39, 0.29) is 17.9 Å². The number of ether oxygens (including phenoxy) is 2. The van der Waals surface area contributed by atoms with E-state index in [0.717, 1.165) is 0 Å². The molecule has 2 aromatic heterocycles. The zero-order valence-electron chi connectivity index (χ0n) is 12.7. The summed E-state index contributed by atoms with van der Waals surface area (Å²) in [6, 6.07) is 0.0819. The molecule has 1 fully saturated rings. The number of hydrogen-bond acceptors (Lipinski definition) is 9. The number of nitrogens with two attached hydrogens (primary N) is 1. The van der Waals surface area contributed by atoms with Gasteiger partial charge < -0.3 is 30.5 Å². The van der Waals surface area contributed by atoms with Crippen LogP contribution in [0.4, 0.5) is 5.82 Å². The summed E-state index contributed by atoms with van der Waals surface area (Å²) < 4.78 is 12.4. The minimum atomic E-state index is -1.24. The van der Waals surface area contributed by atoms with Crippen molar-refractivity contribution < 1.29 is 24.8 Å². The van der Waals surface area contributed by atoms with Crippen molar-refractivity contribution in [2.45, 2.75) is 44.5 Å². The number of aliphatic hydroxyl groups excluding tert-OH is 3. The molecular weight excluding hydrogens is 306 g/mol. The van der Waals surface area contributed by atoms with Gasteiger partial charge in [0.25, 0.3) is 0 Å². The number of rotatable bonds is 4. The maximum atomic E-state index is 10.1. The minimum absolute atomic E-state index is 0.0819. The van der Waals surface area contributed by atoms with Gasteiger partial charge in [-0.25, -0.2) is 4.98 Å². The molecule has 0 aromatic carbocycles. The Balaban J connectivity index is 2.03. The molecule has 10 heteroatoms.